The number of hydrogen-bond donors (Lipinski definition) is 0. The molecule has 18 heavy (non-hydrogen) atoms. The molecule has 0 aliphatic carbocycles. The molecule has 2 aliphatic heterocycles. The Bertz CT molecular complexity index is 313. The van der Waals surface area contributed by atoms with Crippen LogP contribution < -0.4 is 0 Å². The second-order valence-corrected chi connectivity index (χ2v) is 4.64. The zero-order valence-corrected chi connectivity index (χ0v) is 9.96. The van der Waals surface area contributed by atoms with Crippen LogP contribution in [0, 0.1) is 0 Å². The van der Waals surface area contributed by atoms with Crippen LogP contribution in [0.25, 0.3) is 0 Å². The summed E-state index contributed by atoms with van der Waals surface area (Å²) >= 11 is 0. The quantitative estimate of drug-likeness (QED) is 0.764. The molecule has 2 saturated heterocycles. The van der Waals surface area contributed by atoms with Crippen molar-refractivity contribution in [3.63, 3.8) is 0 Å². The van der Waals surface area contributed by atoms with E-state index in [1.807, 2.05) is 0 Å². The first-order chi connectivity index (χ1) is 8.40. The highest BCUT2D eigenvalue weighted by molar-refractivity contribution is 5.76. The molecular formula is C11H16F3NO3. The largest absolute Gasteiger partial charge is 0.389 e. The Morgan fingerprint density at radius 1 is 1.28 bits per heavy atom. The van der Waals surface area contributed by atoms with Gasteiger partial charge in [-0.1, -0.05) is 0 Å². The van der Waals surface area contributed by atoms with Gasteiger partial charge in [0.25, 0.3) is 0 Å². The van der Waals surface area contributed by atoms with Gasteiger partial charge in [-0.3, -0.25) is 4.79 Å². The average molecular weight is 267 g/mol. The molecule has 2 fully saturated rings. The number of piperidine rings is 1. The minimum Gasteiger partial charge on any atom is -0.346 e. The summed E-state index contributed by atoms with van der Waals surface area (Å²) in [6.45, 7) is 1.67. The highest BCUT2D eigenvalue weighted by Gasteiger charge is 2.42. The summed E-state index contributed by atoms with van der Waals surface area (Å²) in [5.74, 6) is -1.25. The van der Waals surface area contributed by atoms with Crippen molar-refractivity contribution in [1.29, 1.82) is 0 Å². The van der Waals surface area contributed by atoms with E-state index in [0.717, 1.165) is 0 Å². The lowest BCUT2D eigenvalue weighted by molar-refractivity contribution is -0.194. The monoisotopic (exact) mass is 267 g/mol. The van der Waals surface area contributed by atoms with E-state index in [0.29, 0.717) is 32.6 Å². The Morgan fingerprint density at radius 3 is 2.56 bits per heavy atom. The minimum absolute atomic E-state index is 0.240. The van der Waals surface area contributed by atoms with Crippen molar-refractivity contribution in [2.24, 2.45) is 0 Å². The van der Waals surface area contributed by atoms with Crippen molar-refractivity contribution in [1.82, 2.24) is 4.90 Å². The van der Waals surface area contributed by atoms with Gasteiger partial charge in [-0.2, -0.15) is 13.2 Å². The molecule has 0 bridgehead atoms. The molecule has 0 saturated carbocycles. The number of carbonyl (C=O) groups is 1. The highest BCUT2D eigenvalue weighted by Crippen LogP contribution is 2.31. The van der Waals surface area contributed by atoms with E-state index in [1.54, 1.807) is 0 Å². The lowest BCUT2D eigenvalue weighted by Crippen LogP contribution is -2.51. The molecule has 0 unspecified atom stereocenters. The summed E-state index contributed by atoms with van der Waals surface area (Å²) in [7, 11) is 0. The number of ether oxygens (including phenoxy) is 2. The Labute approximate surface area is 103 Å². The summed E-state index contributed by atoms with van der Waals surface area (Å²) in [6, 6.07) is 0. The molecule has 0 atom stereocenters. The number of halogens is 3. The van der Waals surface area contributed by atoms with Crippen molar-refractivity contribution in [3.8, 4) is 0 Å². The molecule has 0 aromatic carbocycles. The molecule has 0 aromatic heterocycles. The van der Waals surface area contributed by atoms with Crippen LogP contribution in [-0.2, 0) is 14.3 Å². The minimum atomic E-state index is -4.29. The normalized spacial score (nSPS) is 23.6. The molecule has 2 rings (SSSR count). The summed E-state index contributed by atoms with van der Waals surface area (Å²) in [6.07, 6.45) is -4.48. The van der Waals surface area contributed by atoms with Gasteiger partial charge < -0.3 is 14.4 Å². The third-order valence-electron chi connectivity index (χ3n) is 3.21. The number of alkyl halides is 3. The Kier molecular flexibility index (Phi) is 3.82. The standard InChI is InChI=1S/C11H16F3NO3/c12-11(13,14)4-2-9(16)15-5-1-3-10(8-15)17-6-7-18-10/h1-8H2. The van der Waals surface area contributed by atoms with E-state index in [2.05, 4.69) is 0 Å². The fourth-order valence-corrected chi connectivity index (χ4v) is 2.34. The number of carbonyl (C=O) groups excluding carboxylic acids is 1. The maximum atomic E-state index is 12.1. The van der Waals surface area contributed by atoms with Crippen LogP contribution in [0.5, 0.6) is 0 Å². The predicted octanol–water partition coefficient (Wildman–Crippen LogP) is 1.69. The Morgan fingerprint density at radius 2 is 1.94 bits per heavy atom. The topological polar surface area (TPSA) is 38.8 Å². The first kappa shape index (κ1) is 13.6. The molecular weight excluding hydrogens is 251 g/mol. The zero-order chi connectivity index (χ0) is 13.2. The average Bonchev–Trinajstić information content (AvgIpc) is 2.73. The molecule has 1 amide bonds. The third-order valence-corrected chi connectivity index (χ3v) is 3.21. The number of nitrogens with zero attached hydrogens (tertiary/aromatic N) is 1. The van der Waals surface area contributed by atoms with Gasteiger partial charge >= 0.3 is 6.18 Å². The molecule has 1 spiro atoms. The van der Waals surface area contributed by atoms with Crippen molar-refractivity contribution < 1.29 is 27.4 Å². The summed E-state index contributed by atoms with van der Waals surface area (Å²) < 4.78 is 47.1. The summed E-state index contributed by atoms with van der Waals surface area (Å²) in [5, 5.41) is 0. The fourth-order valence-electron chi connectivity index (χ4n) is 2.34. The number of amides is 1. The van der Waals surface area contributed by atoms with Crippen molar-refractivity contribution in [3.05, 3.63) is 0 Å². The summed E-state index contributed by atoms with van der Waals surface area (Å²) in [5.41, 5.74) is 0. The number of likely N-dealkylation sites (tertiary alicyclic amines) is 1. The molecule has 0 aromatic rings. The predicted molar refractivity (Wildman–Crippen MR) is 55.7 cm³/mol. The van der Waals surface area contributed by atoms with Crippen LogP contribution in [0.4, 0.5) is 13.2 Å². The van der Waals surface area contributed by atoms with Crippen LogP contribution >= 0.6 is 0 Å². The zero-order valence-electron chi connectivity index (χ0n) is 9.96. The van der Waals surface area contributed by atoms with Gasteiger partial charge in [0.2, 0.25) is 5.91 Å². The van der Waals surface area contributed by atoms with Gasteiger partial charge in [0, 0.05) is 19.4 Å². The molecule has 0 radical (unpaired) electrons. The maximum absolute atomic E-state index is 12.1. The van der Waals surface area contributed by atoms with E-state index in [9.17, 15) is 18.0 Å². The highest BCUT2D eigenvalue weighted by atomic mass is 19.4. The Hall–Kier alpha value is -0.820. The van der Waals surface area contributed by atoms with E-state index in [-0.39, 0.29) is 6.54 Å². The van der Waals surface area contributed by atoms with E-state index in [4.69, 9.17) is 9.47 Å². The fraction of sp³-hybridized carbons (Fsp3) is 0.909. The molecule has 4 nitrogen and oxygen atoms in total. The number of rotatable bonds is 2. The third kappa shape index (κ3) is 3.35. The Balaban J connectivity index is 1.86. The second-order valence-electron chi connectivity index (χ2n) is 4.64. The first-order valence-electron chi connectivity index (χ1n) is 6.03. The maximum Gasteiger partial charge on any atom is 0.389 e. The van der Waals surface area contributed by atoms with Crippen LogP contribution in [0.2, 0.25) is 0 Å². The molecule has 2 heterocycles. The van der Waals surface area contributed by atoms with Gasteiger partial charge in [0.1, 0.15) is 0 Å². The van der Waals surface area contributed by atoms with E-state index >= 15 is 0 Å². The SMILES string of the molecule is O=C(CCC(F)(F)F)N1CCCC2(C1)OCCO2. The van der Waals surface area contributed by atoms with E-state index in [1.165, 1.54) is 4.90 Å². The molecule has 0 N–H and O–H groups in total. The van der Waals surface area contributed by atoms with E-state index < -0.39 is 30.7 Å². The van der Waals surface area contributed by atoms with Crippen LogP contribution in [-0.4, -0.2) is 49.1 Å². The lowest BCUT2D eigenvalue weighted by Gasteiger charge is -2.38. The lowest BCUT2D eigenvalue weighted by atomic mass is 10.0. The van der Waals surface area contributed by atoms with Crippen LogP contribution in [0.3, 0.4) is 0 Å². The molecule has 2 aliphatic rings. The van der Waals surface area contributed by atoms with Crippen LogP contribution in [0.15, 0.2) is 0 Å². The first-order valence-corrected chi connectivity index (χ1v) is 6.03. The summed E-state index contributed by atoms with van der Waals surface area (Å²) in [4.78, 5) is 13.1. The smallest absolute Gasteiger partial charge is 0.346 e. The number of hydrogen-bond acceptors (Lipinski definition) is 3. The van der Waals surface area contributed by atoms with Gasteiger partial charge in [-0.25, -0.2) is 0 Å². The van der Waals surface area contributed by atoms with Gasteiger partial charge in [0.05, 0.1) is 26.2 Å². The molecule has 104 valence electrons. The van der Waals surface area contributed by atoms with Gasteiger partial charge in [-0.15, -0.1) is 0 Å². The van der Waals surface area contributed by atoms with Crippen LogP contribution in [0.1, 0.15) is 25.7 Å². The van der Waals surface area contributed by atoms with Gasteiger partial charge in [0.15, 0.2) is 5.79 Å². The van der Waals surface area contributed by atoms with Crippen molar-refractivity contribution >= 4 is 5.91 Å². The van der Waals surface area contributed by atoms with Crippen molar-refractivity contribution in [2.75, 3.05) is 26.3 Å². The van der Waals surface area contributed by atoms with Gasteiger partial charge in [-0.05, 0) is 6.42 Å². The molecule has 7 heteroatoms. The second kappa shape index (κ2) is 5.05. The van der Waals surface area contributed by atoms with Crippen molar-refractivity contribution in [2.45, 2.75) is 37.6 Å².